The van der Waals surface area contributed by atoms with Gasteiger partial charge in [0.15, 0.2) is 0 Å². The maximum absolute atomic E-state index is 11.8. The van der Waals surface area contributed by atoms with Gasteiger partial charge in [0.05, 0.1) is 0 Å². The van der Waals surface area contributed by atoms with Crippen LogP contribution in [0.5, 0.6) is 0 Å². The summed E-state index contributed by atoms with van der Waals surface area (Å²) >= 11 is 0. The maximum atomic E-state index is 11.8. The van der Waals surface area contributed by atoms with Crippen molar-refractivity contribution in [2.75, 3.05) is 13.6 Å². The zero-order valence-electron chi connectivity index (χ0n) is 11.8. The summed E-state index contributed by atoms with van der Waals surface area (Å²) in [6.45, 7) is 11.3. The largest absolute Gasteiger partial charge is 0.346 e. The van der Waals surface area contributed by atoms with Crippen molar-refractivity contribution in [1.29, 1.82) is 0 Å². The Morgan fingerprint density at radius 2 is 1.62 bits per heavy atom. The normalized spacial score (nSPS) is 12.7. The van der Waals surface area contributed by atoms with E-state index in [-0.39, 0.29) is 16.9 Å². The van der Waals surface area contributed by atoms with Crippen molar-refractivity contribution in [2.45, 2.75) is 59.4 Å². The van der Waals surface area contributed by atoms with Gasteiger partial charge in [-0.1, -0.05) is 20.8 Å². The van der Waals surface area contributed by atoms with E-state index in [0.29, 0.717) is 6.42 Å². The Hall–Kier alpha value is -0.570. The Kier molecular flexibility index (Phi) is 5.47. The lowest BCUT2D eigenvalue weighted by atomic mass is 9.92. The van der Waals surface area contributed by atoms with Crippen LogP contribution in [0.1, 0.15) is 53.9 Å². The van der Waals surface area contributed by atoms with E-state index in [2.05, 4.69) is 20.8 Å². The number of nitrogens with two attached hydrogens (primary N) is 1. The molecule has 0 aliphatic heterocycles. The SMILES string of the molecule is CN(CCC(C)(C)C)C(=O)CCC(C)(C)N. The summed E-state index contributed by atoms with van der Waals surface area (Å²) in [6, 6.07) is 0. The first-order valence-corrected chi connectivity index (χ1v) is 6.04. The predicted molar refractivity (Wildman–Crippen MR) is 69.2 cm³/mol. The van der Waals surface area contributed by atoms with E-state index in [9.17, 15) is 4.79 Å². The first-order valence-electron chi connectivity index (χ1n) is 6.04. The minimum Gasteiger partial charge on any atom is -0.346 e. The third-order valence-corrected chi connectivity index (χ3v) is 2.61. The van der Waals surface area contributed by atoms with Crippen molar-refractivity contribution in [1.82, 2.24) is 4.90 Å². The minimum atomic E-state index is -0.249. The average Bonchev–Trinajstić information content (AvgIpc) is 2.07. The highest BCUT2D eigenvalue weighted by molar-refractivity contribution is 5.75. The fourth-order valence-corrected chi connectivity index (χ4v) is 1.25. The summed E-state index contributed by atoms with van der Waals surface area (Å²) in [4.78, 5) is 13.6. The molecule has 0 atom stereocenters. The number of carbonyl (C=O) groups excluding carboxylic acids is 1. The van der Waals surface area contributed by atoms with Crippen molar-refractivity contribution in [3.63, 3.8) is 0 Å². The van der Waals surface area contributed by atoms with Gasteiger partial charge in [-0.05, 0) is 32.1 Å². The van der Waals surface area contributed by atoms with Gasteiger partial charge in [0, 0.05) is 25.6 Å². The van der Waals surface area contributed by atoms with Gasteiger partial charge in [0.25, 0.3) is 0 Å². The van der Waals surface area contributed by atoms with Crippen LogP contribution in [0.2, 0.25) is 0 Å². The molecule has 0 heterocycles. The zero-order chi connectivity index (χ0) is 13.0. The third-order valence-electron chi connectivity index (χ3n) is 2.61. The lowest BCUT2D eigenvalue weighted by Gasteiger charge is -2.25. The molecule has 0 bridgehead atoms. The summed E-state index contributed by atoms with van der Waals surface area (Å²) in [6.07, 6.45) is 2.32. The van der Waals surface area contributed by atoms with Gasteiger partial charge in [-0.15, -0.1) is 0 Å². The third kappa shape index (κ3) is 8.72. The summed E-state index contributed by atoms with van der Waals surface area (Å²) in [5, 5.41) is 0. The molecule has 0 fully saturated rings. The summed E-state index contributed by atoms with van der Waals surface area (Å²) in [5.74, 6) is 0.197. The zero-order valence-corrected chi connectivity index (χ0v) is 11.8. The lowest BCUT2D eigenvalue weighted by Crippen LogP contribution is -2.35. The number of rotatable bonds is 5. The van der Waals surface area contributed by atoms with Gasteiger partial charge < -0.3 is 10.6 Å². The second-order valence-corrected chi connectivity index (χ2v) is 6.61. The van der Waals surface area contributed by atoms with Gasteiger partial charge in [-0.25, -0.2) is 0 Å². The standard InChI is InChI=1S/C13H28N2O/c1-12(2,3)9-10-15(6)11(16)7-8-13(4,5)14/h7-10,14H2,1-6H3. The van der Waals surface area contributed by atoms with Crippen LogP contribution in [0.15, 0.2) is 0 Å². The van der Waals surface area contributed by atoms with Crippen LogP contribution in [-0.2, 0) is 4.79 Å². The topological polar surface area (TPSA) is 46.3 Å². The van der Waals surface area contributed by atoms with Crippen LogP contribution in [0.25, 0.3) is 0 Å². The van der Waals surface area contributed by atoms with E-state index >= 15 is 0 Å². The van der Waals surface area contributed by atoms with E-state index in [0.717, 1.165) is 19.4 Å². The first kappa shape index (κ1) is 15.4. The van der Waals surface area contributed by atoms with E-state index in [1.165, 1.54) is 0 Å². The molecule has 3 heteroatoms. The first-order chi connectivity index (χ1) is 7.01. The summed E-state index contributed by atoms with van der Waals surface area (Å²) in [5.41, 5.74) is 5.89. The molecule has 0 saturated carbocycles. The molecular formula is C13H28N2O. The molecule has 0 rings (SSSR count). The van der Waals surface area contributed by atoms with Crippen LogP contribution in [0.3, 0.4) is 0 Å². The Morgan fingerprint density at radius 3 is 2.00 bits per heavy atom. The number of hydrogen-bond donors (Lipinski definition) is 1. The monoisotopic (exact) mass is 228 g/mol. The highest BCUT2D eigenvalue weighted by Gasteiger charge is 2.17. The summed E-state index contributed by atoms with van der Waals surface area (Å²) in [7, 11) is 1.87. The molecule has 0 spiro atoms. The Morgan fingerprint density at radius 1 is 1.12 bits per heavy atom. The van der Waals surface area contributed by atoms with Gasteiger partial charge >= 0.3 is 0 Å². The molecule has 16 heavy (non-hydrogen) atoms. The lowest BCUT2D eigenvalue weighted by molar-refractivity contribution is -0.130. The second kappa shape index (κ2) is 5.67. The molecule has 0 aliphatic rings. The molecule has 96 valence electrons. The van der Waals surface area contributed by atoms with E-state index in [1.807, 2.05) is 25.8 Å². The van der Waals surface area contributed by atoms with Crippen LogP contribution in [0.4, 0.5) is 0 Å². The Bertz CT molecular complexity index is 223. The molecule has 0 saturated heterocycles. The number of amides is 1. The molecule has 2 N–H and O–H groups in total. The fraction of sp³-hybridized carbons (Fsp3) is 0.923. The van der Waals surface area contributed by atoms with E-state index in [1.54, 1.807) is 0 Å². The second-order valence-electron chi connectivity index (χ2n) is 6.61. The van der Waals surface area contributed by atoms with E-state index < -0.39 is 0 Å². The van der Waals surface area contributed by atoms with Crippen molar-refractivity contribution >= 4 is 5.91 Å². The average molecular weight is 228 g/mol. The van der Waals surface area contributed by atoms with Crippen LogP contribution in [-0.4, -0.2) is 29.9 Å². The quantitative estimate of drug-likeness (QED) is 0.785. The molecule has 0 aromatic carbocycles. The summed E-state index contributed by atoms with van der Waals surface area (Å²) < 4.78 is 0. The van der Waals surface area contributed by atoms with E-state index in [4.69, 9.17) is 5.73 Å². The van der Waals surface area contributed by atoms with Crippen molar-refractivity contribution in [3.05, 3.63) is 0 Å². The van der Waals surface area contributed by atoms with Gasteiger partial charge in [-0.2, -0.15) is 0 Å². The molecule has 0 aliphatic carbocycles. The van der Waals surface area contributed by atoms with Crippen LogP contribution in [0, 0.1) is 5.41 Å². The Balaban J connectivity index is 3.92. The number of nitrogens with zero attached hydrogens (tertiary/aromatic N) is 1. The van der Waals surface area contributed by atoms with Crippen molar-refractivity contribution in [3.8, 4) is 0 Å². The molecule has 0 radical (unpaired) electrons. The fourth-order valence-electron chi connectivity index (χ4n) is 1.25. The maximum Gasteiger partial charge on any atom is 0.222 e. The highest BCUT2D eigenvalue weighted by atomic mass is 16.2. The molecule has 0 aromatic rings. The molecule has 0 aromatic heterocycles. The highest BCUT2D eigenvalue weighted by Crippen LogP contribution is 2.18. The van der Waals surface area contributed by atoms with Crippen molar-refractivity contribution in [2.24, 2.45) is 11.1 Å². The number of hydrogen-bond acceptors (Lipinski definition) is 2. The Labute approximate surface area is 100 Å². The molecule has 0 unspecified atom stereocenters. The van der Waals surface area contributed by atoms with Gasteiger partial charge in [-0.3, -0.25) is 4.79 Å². The van der Waals surface area contributed by atoms with Gasteiger partial charge in [0.1, 0.15) is 0 Å². The number of carbonyl (C=O) groups is 1. The minimum absolute atomic E-state index is 0.197. The molecule has 1 amide bonds. The molecular weight excluding hydrogens is 200 g/mol. The predicted octanol–water partition coefficient (Wildman–Crippen LogP) is 2.40. The van der Waals surface area contributed by atoms with Crippen molar-refractivity contribution < 1.29 is 4.79 Å². The van der Waals surface area contributed by atoms with Crippen LogP contribution >= 0.6 is 0 Å². The molecule has 3 nitrogen and oxygen atoms in total. The van der Waals surface area contributed by atoms with Gasteiger partial charge in [0.2, 0.25) is 5.91 Å². The van der Waals surface area contributed by atoms with Crippen LogP contribution < -0.4 is 5.73 Å². The smallest absolute Gasteiger partial charge is 0.222 e.